The summed E-state index contributed by atoms with van der Waals surface area (Å²) in [7, 11) is -5.11. The number of unbranched alkanes of at least 4 members (excludes halogenated alkanes) is 27. The number of ether oxygens (including phenoxy) is 2. The molecular weight excluding hydrogens is 803 g/mol. The molecule has 61 heavy (non-hydrogen) atoms. The van der Waals surface area contributed by atoms with Crippen molar-refractivity contribution < 1.29 is 57.0 Å². The molecule has 0 aromatic carbocycles. The van der Waals surface area contributed by atoms with E-state index in [0.717, 1.165) is 51.4 Å². The van der Waals surface area contributed by atoms with E-state index in [1.807, 2.05) is 0 Å². The molecule has 1 fully saturated rings. The van der Waals surface area contributed by atoms with Crippen molar-refractivity contribution in [2.75, 3.05) is 13.2 Å². The lowest BCUT2D eigenvalue weighted by molar-refractivity contribution is -0.298. The Labute approximate surface area is 371 Å². The predicted octanol–water partition coefficient (Wildman–Crippen LogP) is 8.92. The molecule has 0 radical (unpaired) electrons. The molecule has 0 saturated carbocycles. The van der Waals surface area contributed by atoms with Gasteiger partial charge in [0.25, 0.3) is 0 Å². The summed E-state index contributed by atoms with van der Waals surface area (Å²) in [6, 6.07) is -1.03. The smallest absolute Gasteiger partial charge is 0.394 e. The second-order valence-corrected chi connectivity index (χ2v) is 18.6. The highest BCUT2D eigenvalue weighted by molar-refractivity contribution is 7.80. The number of allylic oxidation sites excluding steroid dienone is 2. The van der Waals surface area contributed by atoms with Crippen molar-refractivity contribution in [3.05, 3.63) is 12.2 Å². The molecule has 14 heteroatoms. The van der Waals surface area contributed by atoms with Crippen LogP contribution in [-0.4, -0.2) is 107 Å². The van der Waals surface area contributed by atoms with E-state index >= 15 is 0 Å². The van der Waals surface area contributed by atoms with E-state index in [-0.39, 0.29) is 6.42 Å². The maximum atomic E-state index is 13.1. The number of rotatable bonds is 42. The summed E-state index contributed by atoms with van der Waals surface area (Å²) in [4.78, 5) is 13.1. The van der Waals surface area contributed by atoms with E-state index in [1.54, 1.807) is 0 Å². The Bertz CT molecular complexity index is 1160. The lowest BCUT2D eigenvalue weighted by Gasteiger charge is -2.41. The highest BCUT2D eigenvalue weighted by Gasteiger charge is 2.48. The van der Waals surface area contributed by atoms with Crippen LogP contribution < -0.4 is 5.32 Å². The van der Waals surface area contributed by atoms with E-state index in [2.05, 4.69) is 35.5 Å². The van der Waals surface area contributed by atoms with Crippen molar-refractivity contribution in [3.63, 3.8) is 0 Å². The zero-order chi connectivity index (χ0) is 45.0. The van der Waals surface area contributed by atoms with Gasteiger partial charge in [0, 0.05) is 0 Å². The zero-order valence-corrected chi connectivity index (χ0v) is 39.2. The monoisotopic (exact) mass is 894 g/mol. The van der Waals surface area contributed by atoms with Crippen LogP contribution in [0.4, 0.5) is 0 Å². The Kier molecular flexibility index (Phi) is 36.1. The fourth-order valence-corrected chi connectivity index (χ4v) is 8.50. The Morgan fingerprint density at radius 2 is 1.05 bits per heavy atom. The van der Waals surface area contributed by atoms with Gasteiger partial charge in [0.15, 0.2) is 6.29 Å². The van der Waals surface area contributed by atoms with Gasteiger partial charge in [-0.1, -0.05) is 193 Å². The first-order valence-electron chi connectivity index (χ1n) is 24.7. The third kappa shape index (κ3) is 30.6. The topological polar surface area (TPSA) is 212 Å². The first-order chi connectivity index (χ1) is 29.4. The van der Waals surface area contributed by atoms with Crippen LogP contribution in [0.25, 0.3) is 0 Å². The van der Waals surface area contributed by atoms with Crippen LogP contribution in [0.2, 0.25) is 0 Å². The maximum Gasteiger partial charge on any atom is 0.397 e. The fraction of sp³-hybridized carbons (Fsp3) is 0.936. The van der Waals surface area contributed by atoms with E-state index in [0.29, 0.717) is 19.3 Å². The number of aliphatic hydroxyl groups excluding tert-OH is 5. The fourth-order valence-electron chi connectivity index (χ4n) is 7.99. The summed E-state index contributed by atoms with van der Waals surface area (Å²) in [5, 5.41) is 55.4. The molecule has 0 aromatic rings. The Balaban J connectivity index is 2.48. The van der Waals surface area contributed by atoms with E-state index < -0.39 is 78.5 Å². The van der Waals surface area contributed by atoms with Gasteiger partial charge in [0.05, 0.1) is 25.4 Å². The second-order valence-electron chi connectivity index (χ2n) is 17.5. The van der Waals surface area contributed by atoms with Crippen molar-refractivity contribution >= 4 is 16.3 Å². The molecule has 8 atom stereocenters. The van der Waals surface area contributed by atoms with Crippen molar-refractivity contribution in [1.29, 1.82) is 0 Å². The van der Waals surface area contributed by atoms with Gasteiger partial charge in [-0.15, -0.1) is 0 Å². The van der Waals surface area contributed by atoms with Crippen molar-refractivity contribution in [1.82, 2.24) is 5.32 Å². The molecule has 0 spiro atoms. The molecule has 1 aliphatic rings. The van der Waals surface area contributed by atoms with Gasteiger partial charge in [-0.2, -0.15) is 8.42 Å². The van der Waals surface area contributed by atoms with Crippen LogP contribution in [0.15, 0.2) is 12.2 Å². The summed E-state index contributed by atoms with van der Waals surface area (Å²) >= 11 is 0. The lowest BCUT2D eigenvalue weighted by Crippen LogP contribution is -2.61. The highest BCUT2D eigenvalue weighted by atomic mass is 32.3. The number of amides is 1. The zero-order valence-electron chi connectivity index (χ0n) is 38.4. The van der Waals surface area contributed by atoms with Crippen LogP contribution in [0, 0.1) is 0 Å². The molecular formula is C47H91NO12S. The van der Waals surface area contributed by atoms with Gasteiger partial charge in [-0.05, 0) is 38.5 Å². The molecule has 8 unspecified atom stereocenters. The summed E-state index contributed by atoms with van der Waals surface area (Å²) in [6.45, 7) is 3.25. The minimum atomic E-state index is -5.11. The number of hydrogen-bond acceptors (Lipinski definition) is 11. The number of hydrogen-bond donors (Lipinski definition) is 7. The van der Waals surface area contributed by atoms with Gasteiger partial charge in [-0.3, -0.25) is 9.35 Å². The summed E-state index contributed by atoms with van der Waals surface area (Å²) in [6.07, 6.45) is 29.8. The molecule has 362 valence electrons. The number of carbonyl (C=O) groups excluding carboxylic acids is 1. The van der Waals surface area contributed by atoms with Crippen LogP contribution >= 0.6 is 0 Å². The maximum absolute atomic E-state index is 13.1. The van der Waals surface area contributed by atoms with Crippen molar-refractivity contribution in [3.8, 4) is 0 Å². The summed E-state index contributed by atoms with van der Waals surface area (Å²) in [5.74, 6) is -0.678. The number of nitrogens with one attached hydrogen (secondary N) is 1. The molecule has 1 rings (SSSR count). The molecule has 0 aromatic heterocycles. The predicted molar refractivity (Wildman–Crippen MR) is 242 cm³/mol. The third-order valence-electron chi connectivity index (χ3n) is 11.9. The molecule has 1 saturated heterocycles. The molecule has 1 heterocycles. The molecule has 0 bridgehead atoms. The van der Waals surface area contributed by atoms with E-state index in [1.165, 1.54) is 128 Å². The van der Waals surface area contributed by atoms with Gasteiger partial charge in [0.2, 0.25) is 5.91 Å². The van der Waals surface area contributed by atoms with Crippen LogP contribution in [-0.2, 0) is 28.9 Å². The average molecular weight is 894 g/mol. The lowest BCUT2D eigenvalue weighted by atomic mass is 9.99. The molecule has 1 aliphatic heterocycles. The standard InChI is InChI=1S/C47H91NO12S/c1-3-5-7-9-11-13-15-16-17-18-19-20-21-22-23-24-26-27-29-31-33-35-40(50)39(38-58-47-44(53)45(60-61(55,56)57)43(52)42(37-49)59-47)48-46(54)41(51)36-34-32-30-28-25-14-12-10-8-6-4-2/h12,14,39-45,47,49-53H,3-11,13,15-38H2,1-2H3,(H,48,54)(H,55,56,57)/b14-12-. The quantitative estimate of drug-likeness (QED) is 0.0174. The minimum absolute atomic E-state index is 0.247. The van der Waals surface area contributed by atoms with Crippen LogP contribution in [0.1, 0.15) is 219 Å². The Morgan fingerprint density at radius 1 is 0.639 bits per heavy atom. The van der Waals surface area contributed by atoms with Gasteiger partial charge in [-0.25, -0.2) is 4.18 Å². The third-order valence-corrected chi connectivity index (χ3v) is 12.4. The minimum Gasteiger partial charge on any atom is -0.394 e. The molecule has 7 N–H and O–H groups in total. The average Bonchev–Trinajstić information content (AvgIpc) is 3.23. The highest BCUT2D eigenvalue weighted by Crippen LogP contribution is 2.26. The summed E-state index contributed by atoms with van der Waals surface area (Å²) in [5.41, 5.74) is 0. The Hall–Kier alpha value is -1.20. The first kappa shape index (κ1) is 57.8. The van der Waals surface area contributed by atoms with E-state index in [9.17, 15) is 43.3 Å². The van der Waals surface area contributed by atoms with Crippen molar-refractivity contribution in [2.24, 2.45) is 0 Å². The van der Waals surface area contributed by atoms with E-state index in [4.69, 9.17) is 9.47 Å². The van der Waals surface area contributed by atoms with Crippen molar-refractivity contribution in [2.45, 2.75) is 268 Å². The van der Waals surface area contributed by atoms with Gasteiger partial charge in [0.1, 0.15) is 30.5 Å². The number of carbonyl (C=O) groups is 1. The normalized spacial score (nSPS) is 21.2. The second kappa shape index (κ2) is 38.1. The number of aliphatic hydroxyl groups is 5. The van der Waals surface area contributed by atoms with Gasteiger partial charge >= 0.3 is 10.4 Å². The van der Waals surface area contributed by atoms with Crippen LogP contribution in [0.3, 0.4) is 0 Å². The SMILES string of the molecule is CCCCC/C=C\CCCCCCC(O)C(=O)NC(COC1OC(CO)C(O)C(OS(=O)(=O)O)C1O)C(O)CCCCCCCCCCCCCCCCCCCCCCC. The first-order valence-corrected chi connectivity index (χ1v) is 26.0. The van der Waals surface area contributed by atoms with Gasteiger partial charge < -0.3 is 40.3 Å². The largest absolute Gasteiger partial charge is 0.397 e. The van der Waals surface area contributed by atoms with Crippen LogP contribution in [0.5, 0.6) is 0 Å². The molecule has 13 nitrogen and oxygen atoms in total. The Morgan fingerprint density at radius 3 is 1.51 bits per heavy atom. The molecule has 1 amide bonds. The molecule has 0 aliphatic carbocycles. The summed E-state index contributed by atoms with van der Waals surface area (Å²) < 4.78 is 47.6.